The van der Waals surface area contributed by atoms with Crippen LogP contribution in [-0.4, -0.2) is 56.0 Å². The van der Waals surface area contributed by atoms with E-state index in [0.717, 1.165) is 37.5 Å². The van der Waals surface area contributed by atoms with Gasteiger partial charge in [-0.1, -0.05) is 25.0 Å². The molecule has 1 amide bonds. The Morgan fingerprint density at radius 2 is 1.71 bits per heavy atom. The van der Waals surface area contributed by atoms with Gasteiger partial charge in [-0.25, -0.2) is 12.8 Å². The predicted octanol–water partition coefficient (Wildman–Crippen LogP) is 2.03. The van der Waals surface area contributed by atoms with Crippen LogP contribution < -0.4 is 0 Å². The van der Waals surface area contributed by atoms with E-state index in [9.17, 15) is 17.6 Å². The summed E-state index contributed by atoms with van der Waals surface area (Å²) >= 11 is 0. The molecular formula is C17H25FN2O3S. The molecule has 1 aliphatic rings. The number of carbonyl (C=O) groups is 1. The fourth-order valence-electron chi connectivity index (χ4n) is 2.84. The minimum absolute atomic E-state index is 0.125. The minimum Gasteiger partial charge on any atom is -0.342 e. The Balaban J connectivity index is 1.97. The van der Waals surface area contributed by atoms with Gasteiger partial charge in [0.15, 0.2) is 0 Å². The van der Waals surface area contributed by atoms with Crippen LogP contribution in [0.25, 0.3) is 0 Å². The van der Waals surface area contributed by atoms with Gasteiger partial charge in [-0.05, 0) is 37.0 Å². The Morgan fingerprint density at radius 1 is 1.12 bits per heavy atom. The second kappa shape index (κ2) is 8.58. The predicted molar refractivity (Wildman–Crippen MR) is 91.6 cm³/mol. The molecule has 5 nitrogen and oxygen atoms in total. The number of rotatable bonds is 6. The summed E-state index contributed by atoms with van der Waals surface area (Å²) in [6.07, 6.45) is 5.74. The largest absolute Gasteiger partial charge is 0.342 e. The van der Waals surface area contributed by atoms with Gasteiger partial charge in [0.2, 0.25) is 15.9 Å². The lowest BCUT2D eigenvalue weighted by atomic mass is 10.1. The number of likely N-dealkylation sites (tertiary alicyclic amines) is 1. The summed E-state index contributed by atoms with van der Waals surface area (Å²) < 4.78 is 38.1. The maximum Gasteiger partial charge on any atom is 0.237 e. The van der Waals surface area contributed by atoms with Gasteiger partial charge in [-0.3, -0.25) is 4.79 Å². The Kier molecular flexibility index (Phi) is 6.74. The molecule has 0 aliphatic carbocycles. The zero-order valence-corrected chi connectivity index (χ0v) is 14.9. The number of halogens is 1. The first-order chi connectivity index (χ1) is 11.4. The van der Waals surface area contributed by atoms with E-state index in [-0.39, 0.29) is 24.8 Å². The molecule has 1 aliphatic heterocycles. The summed E-state index contributed by atoms with van der Waals surface area (Å²) in [7, 11) is -3.47. The zero-order chi connectivity index (χ0) is 17.6. The highest BCUT2D eigenvalue weighted by Gasteiger charge is 2.23. The van der Waals surface area contributed by atoms with Crippen molar-refractivity contribution < 1.29 is 17.6 Å². The Labute approximate surface area is 143 Å². The first-order valence-electron chi connectivity index (χ1n) is 8.33. The molecule has 1 aromatic rings. The molecule has 0 unspecified atom stereocenters. The van der Waals surface area contributed by atoms with E-state index in [1.807, 2.05) is 0 Å². The molecular weight excluding hydrogens is 331 g/mol. The molecule has 1 heterocycles. The normalized spacial score (nSPS) is 16.2. The van der Waals surface area contributed by atoms with E-state index in [1.165, 1.54) is 16.4 Å². The van der Waals surface area contributed by atoms with E-state index in [0.29, 0.717) is 19.5 Å². The number of hydrogen-bond donors (Lipinski definition) is 0. The van der Waals surface area contributed by atoms with Gasteiger partial charge in [0.05, 0.1) is 12.8 Å². The van der Waals surface area contributed by atoms with Crippen molar-refractivity contribution in [2.75, 3.05) is 32.4 Å². The fourth-order valence-corrected chi connectivity index (χ4v) is 3.61. The number of carbonyl (C=O) groups excluding carboxylic acids is 1. The van der Waals surface area contributed by atoms with Crippen molar-refractivity contribution in [2.24, 2.45) is 0 Å². The van der Waals surface area contributed by atoms with E-state index in [4.69, 9.17) is 0 Å². The van der Waals surface area contributed by atoms with Crippen molar-refractivity contribution in [3.63, 3.8) is 0 Å². The number of benzene rings is 1. The third-order valence-electron chi connectivity index (χ3n) is 4.30. The highest BCUT2D eigenvalue weighted by Crippen LogP contribution is 2.12. The van der Waals surface area contributed by atoms with Gasteiger partial charge in [-0.15, -0.1) is 0 Å². The summed E-state index contributed by atoms with van der Waals surface area (Å²) in [6, 6.07) is 5.96. The third kappa shape index (κ3) is 5.87. The Hall–Kier alpha value is -1.47. The summed E-state index contributed by atoms with van der Waals surface area (Å²) in [6.45, 7) is 1.49. The molecule has 24 heavy (non-hydrogen) atoms. The third-order valence-corrected chi connectivity index (χ3v) is 5.55. The maximum atomic E-state index is 12.9. The van der Waals surface area contributed by atoms with Crippen molar-refractivity contribution in [3.8, 4) is 0 Å². The van der Waals surface area contributed by atoms with Gasteiger partial charge in [-0.2, -0.15) is 4.31 Å². The molecule has 0 spiro atoms. The molecule has 0 aromatic heterocycles. The van der Waals surface area contributed by atoms with Crippen LogP contribution in [0.2, 0.25) is 0 Å². The molecule has 0 radical (unpaired) electrons. The van der Waals surface area contributed by atoms with E-state index in [2.05, 4.69) is 0 Å². The number of amides is 1. The highest BCUT2D eigenvalue weighted by molar-refractivity contribution is 7.88. The summed E-state index contributed by atoms with van der Waals surface area (Å²) in [4.78, 5) is 14.2. The summed E-state index contributed by atoms with van der Waals surface area (Å²) in [5.74, 6) is -0.462. The van der Waals surface area contributed by atoms with Crippen LogP contribution in [0.1, 0.15) is 31.2 Å². The van der Waals surface area contributed by atoms with E-state index < -0.39 is 10.0 Å². The van der Waals surface area contributed by atoms with E-state index >= 15 is 0 Å². The fraction of sp³-hybridized carbons (Fsp3) is 0.588. The molecule has 1 fully saturated rings. The molecule has 0 N–H and O–H groups in total. The van der Waals surface area contributed by atoms with Crippen molar-refractivity contribution in [1.82, 2.24) is 9.21 Å². The van der Waals surface area contributed by atoms with Crippen LogP contribution in [0.5, 0.6) is 0 Å². The van der Waals surface area contributed by atoms with Crippen molar-refractivity contribution in [1.29, 1.82) is 0 Å². The lowest BCUT2D eigenvalue weighted by Crippen LogP contribution is -2.43. The lowest BCUT2D eigenvalue weighted by Gasteiger charge is -2.25. The summed E-state index contributed by atoms with van der Waals surface area (Å²) in [5.41, 5.74) is 0.840. The van der Waals surface area contributed by atoms with Crippen LogP contribution in [0.15, 0.2) is 24.3 Å². The average Bonchev–Trinajstić information content (AvgIpc) is 2.81. The van der Waals surface area contributed by atoms with Gasteiger partial charge in [0.1, 0.15) is 5.82 Å². The van der Waals surface area contributed by atoms with Crippen LogP contribution in [0.3, 0.4) is 0 Å². The number of sulfonamides is 1. The van der Waals surface area contributed by atoms with Crippen LogP contribution in [0, 0.1) is 5.82 Å². The first-order valence-corrected chi connectivity index (χ1v) is 10.2. The summed E-state index contributed by atoms with van der Waals surface area (Å²) in [5, 5.41) is 0. The second-order valence-corrected chi connectivity index (χ2v) is 8.25. The highest BCUT2D eigenvalue weighted by atomic mass is 32.2. The van der Waals surface area contributed by atoms with Crippen molar-refractivity contribution in [3.05, 3.63) is 35.6 Å². The smallest absolute Gasteiger partial charge is 0.237 e. The number of nitrogens with zero attached hydrogens (tertiary/aromatic N) is 2. The molecule has 7 heteroatoms. The second-order valence-electron chi connectivity index (χ2n) is 6.27. The maximum absolute atomic E-state index is 12.9. The quantitative estimate of drug-likeness (QED) is 0.784. The van der Waals surface area contributed by atoms with Gasteiger partial charge in [0.25, 0.3) is 0 Å². The van der Waals surface area contributed by atoms with Crippen LogP contribution in [-0.2, 0) is 21.2 Å². The van der Waals surface area contributed by atoms with Crippen LogP contribution in [0.4, 0.5) is 4.39 Å². The monoisotopic (exact) mass is 356 g/mol. The van der Waals surface area contributed by atoms with Gasteiger partial charge in [0, 0.05) is 19.6 Å². The molecule has 2 rings (SSSR count). The van der Waals surface area contributed by atoms with Crippen molar-refractivity contribution in [2.45, 2.75) is 32.1 Å². The topological polar surface area (TPSA) is 57.7 Å². The van der Waals surface area contributed by atoms with Gasteiger partial charge < -0.3 is 4.90 Å². The van der Waals surface area contributed by atoms with Crippen molar-refractivity contribution >= 4 is 15.9 Å². The molecule has 1 saturated heterocycles. The first kappa shape index (κ1) is 18.9. The SMILES string of the molecule is CS(=O)(=O)N(CCc1ccc(F)cc1)CC(=O)N1CCCCCC1. The molecule has 0 saturated carbocycles. The standard InChI is InChI=1S/C17H25FN2O3S/c1-24(22,23)20(13-10-15-6-8-16(18)9-7-15)14-17(21)19-11-4-2-3-5-12-19/h6-9H,2-5,10-14H2,1H3. The molecule has 1 aromatic carbocycles. The molecule has 134 valence electrons. The minimum atomic E-state index is -3.47. The van der Waals surface area contributed by atoms with Gasteiger partial charge >= 0.3 is 0 Å². The average molecular weight is 356 g/mol. The lowest BCUT2D eigenvalue weighted by molar-refractivity contribution is -0.131. The Morgan fingerprint density at radius 3 is 2.25 bits per heavy atom. The number of hydrogen-bond acceptors (Lipinski definition) is 3. The zero-order valence-electron chi connectivity index (χ0n) is 14.1. The Bertz CT molecular complexity index is 638. The molecule has 0 bridgehead atoms. The van der Waals surface area contributed by atoms with E-state index in [1.54, 1.807) is 17.0 Å². The molecule has 0 atom stereocenters. The van der Waals surface area contributed by atoms with Crippen LogP contribution >= 0.6 is 0 Å².